The van der Waals surface area contributed by atoms with E-state index in [1.54, 1.807) is 0 Å². The molecule has 1 aromatic heterocycles. The maximum absolute atomic E-state index is 11.9. The molecule has 0 fully saturated rings. The third-order valence-electron chi connectivity index (χ3n) is 3.52. The largest absolute Gasteiger partial charge is 0.480 e. The number of carbonyl (C=O) groups excluding carboxylic acids is 1. The third kappa shape index (κ3) is 3.84. The summed E-state index contributed by atoms with van der Waals surface area (Å²) < 4.78 is 0. The number of para-hydroxylation sites is 1. The van der Waals surface area contributed by atoms with Crippen LogP contribution < -0.4 is 16.8 Å². The molecule has 0 bridgehead atoms. The van der Waals surface area contributed by atoms with Crippen molar-refractivity contribution in [3.8, 4) is 0 Å². The van der Waals surface area contributed by atoms with Gasteiger partial charge in [-0.15, -0.1) is 0 Å². The van der Waals surface area contributed by atoms with Gasteiger partial charge in [0, 0.05) is 23.6 Å². The summed E-state index contributed by atoms with van der Waals surface area (Å²) in [6, 6.07) is 6.11. The SMILES string of the molecule is NC(CCNC(=O)[C@@H](N)Cc1c[nH]c2ccccc12)C(=O)O. The zero-order chi connectivity index (χ0) is 16.1. The standard InChI is InChI=1S/C15H20N4O3/c16-11(15(21)22)5-6-18-14(20)12(17)7-9-8-19-13-4-2-1-3-10(9)13/h1-4,8,11-12,19H,5-7,16-17H2,(H,18,20)(H,21,22)/t11?,12-/m0/s1. The molecule has 0 aliphatic carbocycles. The van der Waals surface area contributed by atoms with Crippen LogP contribution in [0.2, 0.25) is 0 Å². The molecule has 118 valence electrons. The number of benzene rings is 1. The van der Waals surface area contributed by atoms with Crippen LogP contribution in [0.4, 0.5) is 0 Å². The van der Waals surface area contributed by atoms with Crippen LogP contribution in [0.1, 0.15) is 12.0 Å². The molecule has 22 heavy (non-hydrogen) atoms. The Morgan fingerprint density at radius 3 is 2.68 bits per heavy atom. The van der Waals surface area contributed by atoms with Gasteiger partial charge < -0.3 is 26.9 Å². The fourth-order valence-electron chi connectivity index (χ4n) is 2.24. The maximum atomic E-state index is 11.9. The van der Waals surface area contributed by atoms with Gasteiger partial charge in [-0.1, -0.05) is 18.2 Å². The van der Waals surface area contributed by atoms with Crippen LogP contribution in [0, 0.1) is 0 Å². The number of fused-ring (bicyclic) bond motifs is 1. The van der Waals surface area contributed by atoms with E-state index in [0.29, 0.717) is 6.42 Å². The highest BCUT2D eigenvalue weighted by Gasteiger charge is 2.17. The fourth-order valence-corrected chi connectivity index (χ4v) is 2.24. The number of nitrogens with two attached hydrogens (primary N) is 2. The van der Waals surface area contributed by atoms with Crippen LogP contribution >= 0.6 is 0 Å². The Balaban J connectivity index is 1.87. The maximum Gasteiger partial charge on any atom is 0.320 e. The van der Waals surface area contributed by atoms with Gasteiger partial charge in [0.1, 0.15) is 6.04 Å². The number of carboxylic acids is 1. The van der Waals surface area contributed by atoms with E-state index in [-0.39, 0.29) is 18.9 Å². The number of aliphatic carboxylic acids is 1. The van der Waals surface area contributed by atoms with Crippen LogP contribution in [0.25, 0.3) is 10.9 Å². The molecule has 0 saturated carbocycles. The van der Waals surface area contributed by atoms with Crippen LogP contribution in [-0.4, -0.2) is 40.6 Å². The zero-order valence-corrected chi connectivity index (χ0v) is 12.1. The highest BCUT2D eigenvalue weighted by Crippen LogP contribution is 2.18. The Kier molecular flexibility index (Phi) is 5.13. The van der Waals surface area contributed by atoms with E-state index in [0.717, 1.165) is 16.5 Å². The van der Waals surface area contributed by atoms with Crippen molar-refractivity contribution in [3.05, 3.63) is 36.0 Å². The second-order valence-corrected chi connectivity index (χ2v) is 5.19. The molecule has 2 aromatic rings. The van der Waals surface area contributed by atoms with Gasteiger partial charge in [-0.25, -0.2) is 0 Å². The average molecular weight is 304 g/mol. The van der Waals surface area contributed by atoms with Gasteiger partial charge in [-0.05, 0) is 24.5 Å². The Bertz CT molecular complexity index is 668. The van der Waals surface area contributed by atoms with E-state index >= 15 is 0 Å². The zero-order valence-electron chi connectivity index (χ0n) is 12.1. The number of hydrogen-bond donors (Lipinski definition) is 5. The number of hydrogen-bond acceptors (Lipinski definition) is 4. The second-order valence-electron chi connectivity index (χ2n) is 5.19. The van der Waals surface area contributed by atoms with Gasteiger partial charge in [0.2, 0.25) is 5.91 Å². The quantitative estimate of drug-likeness (QED) is 0.489. The molecule has 1 unspecified atom stereocenters. The van der Waals surface area contributed by atoms with Crippen molar-refractivity contribution in [1.82, 2.24) is 10.3 Å². The Hall–Kier alpha value is -2.38. The van der Waals surface area contributed by atoms with Crippen molar-refractivity contribution < 1.29 is 14.7 Å². The molecule has 0 spiro atoms. The minimum Gasteiger partial charge on any atom is -0.480 e. The molecule has 0 radical (unpaired) electrons. The lowest BCUT2D eigenvalue weighted by atomic mass is 10.0. The van der Waals surface area contributed by atoms with Crippen LogP contribution in [0.5, 0.6) is 0 Å². The minimum atomic E-state index is -1.09. The first-order valence-corrected chi connectivity index (χ1v) is 7.05. The average Bonchev–Trinajstić information content (AvgIpc) is 2.90. The van der Waals surface area contributed by atoms with Gasteiger partial charge in [0.15, 0.2) is 0 Å². The number of rotatable bonds is 7. The first-order valence-electron chi connectivity index (χ1n) is 7.05. The number of amides is 1. The lowest BCUT2D eigenvalue weighted by Gasteiger charge is -2.13. The second kappa shape index (κ2) is 7.06. The molecule has 7 heteroatoms. The van der Waals surface area contributed by atoms with Crippen LogP contribution in [0.15, 0.2) is 30.5 Å². The molecule has 0 aliphatic heterocycles. The highest BCUT2D eigenvalue weighted by molar-refractivity contribution is 5.86. The van der Waals surface area contributed by atoms with E-state index in [1.165, 1.54) is 0 Å². The lowest BCUT2D eigenvalue weighted by Crippen LogP contribution is -2.44. The summed E-state index contributed by atoms with van der Waals surface area (Å²) in [6.45, 7) is 0.188. The van der Waals surface area contributed by atoms with Crippen LogP contribution in [-0.2, 0) is 16.0 Å². The van der Waals surface area contributed by atoms with Gasteiger partial charge >= 0.3 is 5.97 Å². The van der Waals surface area contributed by atoms with E-state index in [1.807, 2.05) is 30.5 Å². The number of H-pyrrole nitrogens is 1. The number of aromatic nitrogens is 1. The van der Waals surface area contributed by atoms with Gasteiger partial charge in [-0.2, -0.15) is 0 Å². The lowest BCUT2D eigenvalue weighted by molar-refractivity contribution is -0.138. The van der Waals surface area contributed by atoms with Crippen molar-refractivity contribution in [1.29, 1.82) is 0 Å². The number of carbonyl (C=O) groups is 2. The van der Waals surface area contributed by atoms with Crippen molar-refractivity contribution in [3.63, 3.8) is 0 Å². The van der Waals surface area contributed by atoms with Crippen molar-refractivity contribution in [2.24, 2.45) is 11.5 Å². The Morgan fingerprint density at radius 1 is 1.23 bits per heavy atom. The molecule has 7 nitrogen and oxygen atoms in total. The van der Waals surface area contributed by atoms with E-state index in [9.17, 15) is 9.59 Å². The first kappa shape index (κ1) is 16.0. The monoisotopic (exact) mass is 304 g/mol. The molecular weight excluding hydrogens is 284 g/mol. The molecule has 1 heterocycles. The highest BCUT2D eigenvalue weighted by atomic mass is 16.4. The molecule has 0 saturated heterocycles. The summed E-state index contributed by atoms with van der Waals surface area (Å²) in [7, 11) is 0. The van der Waals surface area contributed by atoms with E-state index < -0.39 is 18.1 Å². The number of nitrogens with one attached hydrogen (secondary N) is 2. The predicted molar refractivity (Wildman–Crippen MR) is 83.2 cm³/mol. The normalized spacial score (nSPS) is 13.7. The van der Waals surface area contributed by atoms with Gasteiger partial charge in [0.25, 0.3) is 0 Å². The fraction of sp³-hybridized carbons (Fsp3) is 0.333. The van der Waals surface area contributed by atoms with Gasteiger partial charge in [0.05, 0.1) is 6.04 Å². The molecule has 1 amide bonds. The third-order valence-corrected chi connectivity index (χ3v) is 3.52. The summed E-state index contributed by atoms with van der Waals surface area (Å²) in [5, 5.41) is 12.3. The number of aromatic amines is 1. The Labute approximate surface area is 127 Å². The summed E-state index contributed by atoms with van der Waals surface area (Å²) in [5.74, 6) is -1.40. The first-order chi connectivity index (χ1) is 10.5. The Morgan fingerprint density at radius 2 is 1.95 bits per heavy atom. The van der Waals surface area contributed by atoms with Crippen LogP contribution in [0.3, 0.4) is 0 Å². The van der Waals surface area contributed by atoms with E-state index in [2.05, 4.69) is 10.3 Å². The van der Waals surface area contributed by atoms with Crippen molar-refractivity contribution in [2.45, 2.75) is 24.9 Å². The predicted octanol–water partition coefficient (Wildman–Crippen LogP) is -0.0441. The van der Waals surface area contributed by atoms with E-state index in [4.69, 9.17) is 16.6 Å². The molecule has 7 N–H and O–H groups in total. The minimum absolute atomic E-state index is 0.168. The summed E-state index contributed by atoms with van der Waals surface area (Å²) >= 11 is 0. The molecular formula is C15H20N4O3. The van der Waals surface area contributed by atoms with Crippen molar-refractivity contribution in [2.75, 3.05) is 6.54 Å². The number of carboxylic acid groups (broad SMARTS) is 1. The summed E-state index contributed by atoms with van der Waals surface area (Å²) in [6.07, 6.45) is 2.42. The van der Waals surface area contributed by atoms with Crippen molar-refractivity contribution >= 4 is 22.8 Å². The summed E-state index contributed by atoms with van der Waals surface area (Å²) in [4.78, 5) is 25.6. The molecule has 0 aliphatic rings. The molecule has 1 aromatic carbocycles. The molecule has 2 rings (SSSR count). The smallest absolute Gasteiger partial charge is 0.320 e. The summed E-state index contributed by atoms with van der Waals surface area (Å²) in [5.41, 5.74) is 13.2. The molecule has 2 atom stereocenters. The van der Waals surface area contributed by atoms with Gasteiger partial charge in [-0.3, -0.25) is 9.59 Å². The topological polar surface area (TPSA) is 134 Å².